The number of halogens is 7. The van der Waals surface area contributed by atoms with Crippen molar-refractivity contribution in [3.63, 3.8) is 0 Å². The zero-order valence-electron chi connectivity index (χ0n) is 18.2. The number of benzene rings is 2. The van der Waals surface area contributed by atoms with E-state index in [1.54, 1.807) is 12.1 Å². The fraction of sp³-hybridized carbons (Fsp3) is 0.364. The Labute approximate surface area is 210 Å². The maximum absolute atomic E-state index is 12.9. The quantitative estimate of drug-likeness (QED) is 0.271. The Morgan fingerprint density at radius 1 is 0.941 bits per heavy atom. The van der Waals surface area contributed by atoms with Gasteiger partial charge in [0.1, 0.15) is 0 Å². The third-order valence-electron chi connectivity index (χ3n) is 4.60. The fourth-order valence-electron chi connectivity index (χ4n) is 3.23. The van der Waals surface area contributed by atoms with Crippen molar-refractivity contribution >= 4 is 51.9 Å². The Hall–Kier alpha value is -1.96. The molecule has 2 N–H and O–H groups in total. The molecule has 0 heterocycles. The first-order valence-electron chi connectivity index (χ1n) is 9.71. The zero-order valence-corrected chi connectivity index (χ0v) is 21.2. The predicted molar refractivity (Wildman–Crippen MR) is 128 cm³/mol. The van der Waals surface area contributed by atoms with E-state index in [4.69, 9.17) is 0 Å². The molecular weight excluding hydrogens is 597 g/mol. The van der Waals surface area contributed by atoms with Gasteiger partial charge in [0.25, 0.3) is 11.8 Å². The minimum atomic E-state index is -5.52. The molecule has 34 heavy (non-hydrogen) atoms. The van der Waals surface area contributed by atoms with Crippen LogP contribution in [0.5, 0.6) is 0 Å². The standard InChI is InChI=1S/C22H21F6IN2O2S/c1-20(2,11-34-3)31-19(33)16-14(5-4-6-15(16)29)18(32)30-13-9-7-12(8-10-13)17(21(23,24)25)22(26,27)28/h4-10,17H,11H2,1-3H3,(H,30,32)(H,31,33). The Morgan fingerprint density at radius 2 is 1.50 bits per heavy atom. The highest BCUT2D eigenvalue weighted by molar-refractivity contribution is 14.1. The van der Waals surface area contributed by atoms with Crippen LogP contribution in [0.4, 0.5) is 32.0 Å². The van der Waals surface area contributed by atoms with Crippen molar-refractivity contribution in [2.45, 2.75) is 37.7 Å². The minimum absolute atomic E-state index is 0.0110. The monoisotopic (exact) mass is 618 g/mol. The molecule has 2 amide bonds. The van der Waals surface area contributed by atoms with Crippen LogP contribution in [0.15, 0.2) is 42.5 Å². The van der Waals surface area contributed by atoms with E-state index in [0.717, 1.165) is 12.1 Å². The van der Waals surface area contributed by atoms with Crippen molar-refractivity contribution in [1.82, 2.24) is 5.32 Å². The molecule has 0 radical (unpaired) electrons. The van der Waals surface area contributed by atoms with Gasteiger partial charge in [0.2, 0.25) is 0 Å². The number of amides is 2. The molecular formula is C22H21F6IN2O2S. The predicted octanol–water partition coefficient (Wildman–Crippen LogP) is 6.62. The zero-order chi connectivity index (χ0) is 25.9. The van der Waals surface area contributed by atoms with Crippen LogP contribution in [0.25, 0.3) is 0 Å². The van der Waals surface area contributed by atoms with Crippen LogP contribution < -0.4 is 10.6 Å². The molecule has 2 aromatic rings. The van der Waals surface area contributed by atoms with Crippen molar-refractivity contribution in [3.05, 3.63) is 62.7 Å². The molecule has 186 valence electrons. The summed E-state index contributed by atoms with van der Waals surface area (Å²) in [5.41, 5.74) is -1.46. The molecule has 2 rings (SSSR count). The summed E-state index contributed by atoms with van der Waals surface area (Å²) in [6.45, 7) is 3.65. The van der Waals surface area contributed by atoms with E-state index >= 15 is 0 Å². The topological polar surface area (TPSA) is 58.2 Å². The molecule has 0 aliphatic carbocycles. The SMILES string of the molecule is CSCC(C)(C)NC(=O)c1c(I)cccc1C(=O)Nc1ccc(C(C(F)(F)F)C(F)(F)F)cc1. The molecule has 0 saturated carbocycles. The van der Waals surface area contributed by atoms with E-state index < -0.39 is 41.2 Å². The van der Waals surface area contributed by atoms with E-state index in [1.165, 1.54) is 17.8 Å². The number of carbonyl (C=O) groups excluding carboxylic acids is 2. The Bertz CT molecular complexity index is 1030. The molecule has 0 aliphatic heterocycles. The number of rotatable bonds is 7. The molecule has 0 aromatic heterocycles. The molecule has 0 aliphatic rings. The summed E-state index contributed by atoms with van der Waals surface area (Å²) in [4.78, 5) is 25.8. The summed E-state index contributed by atoms with van der Waals surface area (Å²) in [5.74, 6) is -4.24. The summed E-state index contributed by atoms with van der Waals surface area (Å²) in [7, 11) is 0. The van der Waals surface area contributed by atoms with Gasteiger partial charge >= 0.3 is 12.4 Å². The van der Waals surface area contributed by atoms with Gasteiger partial charge in [0, 0.05) is 20.5 Å². The molecule has 4 nitrogen and oxygen atoms in total. The third kappa shape index (κ3) is 7.27. The van der Waals surface area contributed by atoms with Crippen LogP contribution in [-0.2, 0) is 0 Å². The Balaban J connectivity index is 2.30. The highest BCUT2D eigenvalue weighted by Crippen LogP contribution is 2.46. The molecule has 0 fully saturated rings. The average Bonchev–Trinajstić information content (AvgIpc) is 2.66. The van der Waals surface area contributed by atoms with Gasteiger partial charge in [-0.25, -0.2) is 0 Å². The van der Waals surface area contributed by atoms with Crippen LogP contribution in [0.3, 0.4) is 0 Å². The molecule has 0 spiro atoms. The Morgan fingerprint density at radius 3 is 2.00 bits per heavy atom. The maximum atomic E-state index is 12.9. The highest BCUT2D eigenvalue weighted by Gasteiger charge is 2.57. The lowest BCUT2D eigenvalue weighted by Gasteiger charge is -2.26. The first-order valence-corrected chi connectivity index (χ1v) is 12.2. The summed E-state index contributed by atoms with van der Waals surface area (Å²) in [5, 5.41) is 5.29. The second-order valence-corrected chi connectivity index (χ2v) is 10.1. The van der Waals surface area contributed by atoms with Gasteiger partial charge in [-0.15, -0.1) is 0 Å². The van der Waals surface area contributed by atoms with Crippen molar-refractivity contribution in [2.24, 2.45) is 0 Å². The van der Waals surface area contributed by atoms with E-state index in [9.17, 15) is 35.9 Å². The van der Waals surface area contributed by atoms with Crippen LogP contribution in [0.2, 0.25) is 0 Å². The lowest BCUT2D eigenvalue weighted by atomic mass is 9.97. The number of nitrogens with one attached hydrogen (secondary N) is 2. The van der Waals surface area contributed by atoms with Gasteiger partial charge in [-0.3, -0.25) is 9.59 Å². The first-order chi connectivity index (χ1) is 15.6. The number of carbonyl (C=O) groups is 2. The van der Waals surface area contributed by atoms with Gasteiger partial charge < -0.3 is 10.6 Å². The molecule has 0 atom stereocenters. The van der Waals surface area contributed by atoms with Gasteiger partial charge in [-0.1, -0.05) is 18.2 Å². The van der Waals surface area contributed by atoms with Crippen LogP contribution in [0, 0.1) is 3.57 Å². The smallest absolute Gasteiger partial charge is 0.346 e. The largest absolute Gasteiger partial charge is 0.404 e. The molecule has 0 unspecified atom stereocenters. The number of anilines is 1. The van der Waals surface area contributed by atoms with E-state index in [1.807, 2.05) is 42.7 Å². The van der Waals surface area contributed by atoms with Gasteiger partial charge in [0.05, 0.1) is 11.1 Å². The van der Waals surface area contributed by atoms with Gasteiger partial charge in [-0.2, -0.15) is 38.1 Å². The summed E-state index contributed by atoms with van der Waals surface area (Å²) >= 11 is 3.44. The van der Waals surface area contributed by atoms with Crippen LogP contribution in [-0.4, -0.2) is 41.7 Å². The fourth-order valence-corrected chi connectivity index (χ4v) is 4.77. The lowest BCUT2D eigenvalue weighted by molar-refractivity contribution is -0.253. The average molecular weight is 618 g/mol. The summed E-state index contributed by atoms with van der Waals surface area (Å²) < 4.78 is 78.1. The van der Waals surface area contributed by atoms with E-state index in [2.05, 4.69) is 10.6 Å². The normalized spacial score (nSPS) is 12.6. The maximum Gasteiger partial charge on any atom is 0.404 e. The van der Waals surface area contributed by atoms with Crippen molar-refractivity contribution in [3.8, 4) is 0 Å². The van der Waals surface area contributed by atoms with Crippen LogP contribution >= 0.6 is 34.4 Å². The molecule has 0 bridgehead atoms. The van der Waals surface area contributed by atoms with Crippen molar-refractivity contribution in [2.75, 3.05) is 17.3 Å². The summed E-state index contributed by atoms with van der Waals surface area (Å²) in [6.07, 6.45) is -9.15. The second-order valence-electron chi connectivity index (χ2n) is 8.03. The second kappa shape index (κ2) is 10.8. The van der Waals surface area contributed by atoms with E-state index in [0.29, 0.717) is 21.5 Å². The van der Waals surface area contributed by atoms with E-state index in [-0.39, 0.29) is 16.8 Å². The van der Waals surface area contributed by atoms with Gasteiger partial charge in [0.15, 0.2) is 5.92 Å². The third-order valence-corrected chi connectivity index (χ3v) is 6.51. The molecule has 0 saturated heterocycles. The van der Waals surface area contributed by atoms with Crippen LogP contribution in [0.1, 0.15) is 46.0 Å². The highest BCUT2D eigenvalue weighted by atomic mass is 127. The minimum Gasteiger partial charge on any atom is -0.346 e. The molecule has 12 heteroatoms. The number of hydrogen-bond acceptors (Lipinski definition) is 3. The molecule has 2 aromatic carbocycles. The van der Waals surface area contributed by atoms with Gasteiger partial charge in [-0.05, 0) is 72.5 Å². The van der Waals surface area contributed by atoms with Crippen molar-refractivity contribution in [1.29, 1.82) is 0 Å². The van der Waals surface area contributed by atoms with Crippen molar-refractivity contribution < 1.29 is 35.9 Å². The lowest BCUT2D eigenvalue weighted by Crippen LogP contribution is -2.46. The number of thioether (sulfide) groups is 1. The Kier molecular flexibility index (Phi) is 8.94. The number of alkyl halides is 6. The first kappa shape index (κ1) is 28.3. The summed E-state index contributed by atoms with van der Waals surface area (Å²) in [6, 6.07) is 7.83. The number of hydrogen-bond donors (Lipinski definition) is 2.